The van der Waals surface area contributed by atoms with Crippen molar-refractivity contribution >= 4 is 44.9 Å². The van der Waals surface area contributed by atoms with Crippen LogP contribution in [0.2, 0.25) is 0 Å². The van der Waals surface area contributed by atoms with E-state index in [0.717, 1.165) is 0 Å². The number of hydrogen-bond donors (Lipinski definition) is 0. The SMILES string of the molecule is O=C1C(=O)N(CCOCCCl)c2cccc(Br)c21. The summed E-state index contributed by atoms with van der Waals surface area (Å²) in [4.78, 5) is 25.1. The van der Waals surface area contributed by atoms with Gasteiger partial charge in [-0.05, 0) is 28.1 Å². The molecule has 0 atom stereocenters. The molecule has 6 heteroatoms. The summed E-state index contributed by atoms with van der Waals surface area (Å²) in [5.74, 6) is -0.573. The van der Waals surface area contributed by atoms with Crippen molar-refractivity contribution in [2.75, 3.05) is 30.5 Å². The van der Waals surface area contributed by atoms with Crippen molar-refractivity contribution in [3.8, 4) is 0 Å². The highest BCUT2D eigenvalue weighted by Crippen LogP contribution is 2.33. The maximum Gasteiger partial charge on any atom is 0.299 e. The predicted octanol–water partition coefficient (Wildman–Crippen LogP) is 2.23. The number of halogens is 2. The molecule has 1 heterocycles. The predicted molar refractivity (Wildman–Crippen MR) is 72.4 cm³/mol. The Morgan fingerprint density at radius 2 is 2.06 bits per heavy atom. The fourth-order valence-electron chi connectivity index (χ4n) is 1.84. The molecule has 2 rings (SSSR count). The molecule has 0 radical (unpaired) electrons. The van der Waals surface area contributed by atoms with E-state index >= 15 is 0 Å². The van der Waals surface area contributed by atoms with Crippen LogP contribution < -0.4 is 4.90 Å². The van der Waals surface area contributed by atoms with Crippen molar-refractivity contribution < 1.29 is 14.3 Å². The Morgan fingerprint density at radius 3 is 2.78 bits per heavy atom. The van der Waals surface area contributed by atoms with Gasteiger partial charge in [-0.1, -0.05) is 6.07 Å². The van der Waals surface area contributed by atoms with Gasteiger partial charge in [0.25, 0.3) is 11.7 Å². The molecule has 1 aromatic rings. The number of fused-ring (bicyclic) bond motifs is 1. The molecule has 18 heavy (non-hydrogen) atoms. The van der Waals surface area contributed by atoms with Gasteiger partial charge in [0.05, 0.1) is 24.5 Å². The molecule has 1 aliphatic heterocycles. The molecule has 1 aliphatic rings. The number of carbonyl (C=O) groups excluding carboxylic acids is 2. The number of ketones is 1. The lowest BCUT2D eigenvalue weighted by atomic mass is 10.1. The maximum atomic E-state index is 11.9. The number of Topliss-reactive ketones (excluding diaryl/α,β-unsaturated/α-hetero) is 1. The number of nitrogens with zero attached hydrogens (tertiary/aromatic N) is 1. The number of benzene rings is 1. The average Bonchev–Trinajstić information content (AvgIpc) is 2.60. The van der Waals surface area contributed by atoms with Crippen LogP contribution in [0.1, 0.15) is 10.4 Å². The number of amides is 1. The summed E-state index contributed by atoms with van der Waals surface area (Å²) in [6, 6.07) is 5.30. The van der Waals surface area contributed by atoms with Gasteiger partial charge in [-0.2, -0.15) is 0 Å². The summed E-state index contributed by atoms with van der Waals surface area (Å²) >= 11 is 8.77. The molecule has 4 nitrogen and oxygen atoms in total. The molecule has 0 fully saturated rings. The van der Waals surface area contributed by atoms with Crippen molar-refractivity contribution in [1.29, 1.82) is 0 Å². The molecule has 0 aliphatic carbocycles. The second-order valence-electron chi connectivity index (χ2n) is 3.72. The Balaban J connectivity index is 2.16. The minimum Gasteiger partial charge on any atom is -0.378 e. The molecule has 0 saturated carbocycles. The maximum absolute atomic E-state index is 11.9. The molecule has 96 valence electrons. The zero-order valence-electron chi connectivity index (χ0n) is 9.49. The van der Waals surface area contributed by atoms with Crippen molar-refractivity contribution in [3.05, 3.63) is 28.2 Å². The van der Waals surface area contributed by atoms with Gasteiger partial charge >= 0.3 is 0 Å². The molecular weight excluding hydrogens is 321 g/mol. The van der Waals surface area contributed by atoms with Crippen molar-refractivity contribution in [1.82, 2.24) is 0 Å². The lowest BCUT2D eigenvalue weighted by Gasteiger charge is -2.16. The molecule has 0 spiro atoms. The third kappa shape index (κ3) is 2.43. The molecule has 0 unspecified atom stereocenters. The normalized spacial score (nSPS) is 14.2. The van der Waals surface area contributed by atoms with Gasteiger partial charge < -0.3 is 9.64 Å². The largest absolute Gasteiger partial charge is 0.378 e. The van der Waals surface area contributed by atoms with E-state index in [1.54, 1.807) is 18.2 Å². The van der Waals surface area contributed by atoms with E-state index in [1.807, 2.05) is 0 Å². The molecule has 0 bridgehead atoms. The quantitative estimate of drug-likeness (QED) is 0.472. The van der Waals surface area contributed by atoms with E-state index in [-0.39, 0.29) is 0 Å². The molecular formula is C12H11BrClNO3. The van der Waals surface area contributed by atoms with Crippen LogP contribution in [0.5, 0.6) is 0 Å². The fraction of sp³-hybridized carbons (Fsp3) is 0.333. The van der Waals surface area contributed by atoms with Crippen LogP contribution in [0, 0.1) is 0 Å². The topological polar surface area (TPSA) is 46.6 Å². The van der Waals surface area contributed by atoms with Gasteiger partial charge in [0.2, 0.25) is 0 Å². The lowest BCUT2D eigenvalue weighted by Crippen LogP contribution is -2.33. The van der Waals surface area contributed by atoms with Gasteiger partial charge in [0.1, 0.15) is 0 Å². The summed E-state index contributed by atoms with van der Waals surface area (Å²) < 4.78 is 5.87. The number of hydrogen-bond acceptors (Lipinski definition) is 3. The Morgan fingerprint density at radius 1 is 1.28 bits per heavy atom. The van der Waals surface area contributed by atoms with E-state index < -0.39 is 11.7 Å². The van der Waals surface area contributed by atoms with Crippen molar-refractivity contribution in [2.24, 2.45) is 0 Å². The van der Waals surface area contributed by atoms with Crippen LogP contribution in [-0.4, -0.2) is 37.3 Å². The van der Waals surface area contributed by atoms with Gasteiger partial charge in [-0.15, -0.1) is 11.6 Å². The summed E-state index contributed by atoms with van der Waals surface area (Å²) in [7, 11) is 0. The average molecular weight is 333 g/mol. The van der Waals surface area contributed by atoms with Crippen LogP contribution in [0.15, 0.2) is 22.7 Å². The first kappa shape index (κ1) is 13.5. The summed E-state index contributed by atoms with van der Waals surface area (Å²) in [6.07, 6.45) is 0. The van der Waals surface area contributed by atoms with E-state index in [1.165, 1.54) is 4.90 Å². The van der Waals surface area contributed by atoms with Gasteiger partial charge in [0, 0.05) is 16.9 Å². The standard InChI is InChI=1S/C12H11BrClNO3/c13-8-2-1-3-9-10(8)11(16)12(17)15(9)5-7-18-6-4-14/h1-3H,4-7H2. The van der Waals surface area contributed by atoms with E-state index in [4.69, 9.17) is 16.3 Å². The molecule has 0 N–H and O–H groups in total. The van der Waals surface area contributed by atoms with Crippen LogP contribution in [-0.2, 0) is 9.53 Å². The van der Waals surface area contributed by atoms with Crippen LogP contribution >= 0.6 is 27.5 Å². The minimum absolute atomic E-state index is 0.352. The lowest BCUT2D eigenvalue weighted by molar-refractivity contribution is -0.114. The summed E-state index contributed by atoms with van der Waals surface area (Å²) in [5, 5.41) is 0. The first-order chi connectivity index (χ1) is 8.66. The Kier molecular flexibility index (Phi) is 4.37. The fourth-order valence-corrected chi connectivity index (χ4v) is 2.48. The molecule has 0 aromatic heterocycles. The Hall–Kier alpha value is -0.910. The van der Waals surface area contributed by atoms with Crippen LogP contribution in [0.4, 0.5) is 5.69 Å². The van der Waals surface area contributed by atoms with Crippen LogP contribution in [0.25, 0.3) is 0 Å². The highest BCUT2D eigenvalue weighted by atomic mass is 79.9. The number of alkyl halides is 1. The van der Waals surface area contributed by atoms with Gasteiger partial charge in [-0.3, -0.25) is 9.59 Å². The second kappa shape index (κ2) is 5.82. The number of ether oxygens (including phenoxy) is 1. The van der Waals surface area contributed by atoms with Gasteiger partial charge in [0.15, 0.2) is 0 Å². The molecule has 1 amide bonds. The van der Waals surface area contributed by atoms with Crippen LogP contribution in [0.3, 0.4) is 0 Å². The molecule has 1 aromatic carbocycles. The van der Waals surface area contributed by atoms with E-state index in [0.29, 0.717) is 41.4 Å². The number of rotatable bonds is 5. The molecule has 0 saturated heterocycles. The monoisotopic (exact) mass is 331 g/mol. The third-order valence-corrected chi connectivity index (χ3v) is 3.44. The van der Waals surface area contributed by atoms with Gasteiger partial charge in [-0.25, -0.2) is 0 Å². The third-order valence-electron chi connectivity index (χ3n) is 2.63. The first-order valence-electron chi connectivity index (χ1n) is 5.45. The summed E-state index contributed by atoms with van der Waals surface area (Å²) in [6.45, 7) is 1.14. The van der Waals surface area contributed by atoms with Crippen molar-refractivity contribution in [2.45, 2.75) is 0 Å². The zero-order chi connectivity index (χ0) is 13.1. The number of anilines is 1. The summed E-state index contributed by atoms with van der Waals surface area (Å²) in [5.41, 5.74) is 1.06. The zero-order valence-corrected chi connectivity index (χ0v) is 11.8. The van der Waals surface area contributed by atoms with E-state index in [9.17, 15) is 9.59 Å². The number of carbonyl (C=O) groups is 2. The highest BCUT2D eigenvalue weighted by Gasteiger charge is 2.36. The first-order valence-corrected chi connectivity index (χ1v) is 6.78. The highest BCUT2D eigenvalue weighted by molar-refractivity contribution is 9.10. The van der Waals surface area contributed by atoms with E-state index in [2.05, 4.69) is 15.9 Å². The Bertz CT molecular complexity index is 492. The smallest absolute Gasteiger partial charge is 0.299 e. The second-order valence-corrected chi connectivity index (χ2v) is 4.95. The Labute approximate surface area is 118 Å². The minimum atomic E-state index is -0.508. The van der Waals surface area contributed by atoms with Crippen molar-refractivity contribution in [3.63, 3.8) is 0 Å².